The molecule has 11 aromatic carbocycles. The number of aromatic nitrogens is 5. The Morgan fingerprint density at radius 3 is 1.85 bits per heavy atom. The molecule has 6 heteroatoms. The summed E-state index contributed by atoms with van der Waals surface area (Å²) in [5.74, 6) is 1.70. The zero-order valence-corrected chi connectivity index (χ0v) is 46.0. The summed E-state index contributed by atoms with van der Waals surface area (Å²) in [7, 11) is 0. The lowest BCUT2D eigenvalue weighted by atomic mass is 9.57. The van der Waals surface area contributed by atoms with Crippen LogP contribution in [0, 0.1) is 0 Å². The maximum atomic E-state index is 5.82. The molecule has 0 bridgehead atoms. The van der Waals surface area contributed by atoms with E-state index in [-0.39, 0.29) is 5.41 Å². The summed E-state index contributed by atoms with van der Waals surface area (Å²) in [6.07, 6.45) is 3.13. The van der Waals surface area contributed by atoms with Crippen molar-refractivity contribution in [2.24, 2.45) is 0 Å². The molecule has 0 radical (unpaired) electrons. The molecule has 0 amide bonds. The zero-order valence-electron chi connectivity index (χ0n) is 46.0. The Balaban J connectivity index is 1.02. The largest absolute Gasteiger partial charge is 0.310 e. The Kier molecular flexibility index (Phi) is 9.78. The Hall–Kier alpha value is -10.2. The van der Waals surface area contributed by atoms with Gasteiger partial charge in [-0.05, 0) is 139 Å². The van der Waals surface area contributed by atoms with Gasteiger partial charge in [0.2, 0.25) is 11.9 Å². The Morgan fingerprint density at radius 1 is 0.439 bits per heavy atom. The van der Waals surface area contributed by atoms with Crippen molar-refractivity contribution in [1.29, 1.82) is 0 Å². The summed E-state index contributed by atoms with van der Waals surface area (Å²) in [4.78, 5) is 19.6. The van der Waals surface area contributed by atoms with Crippen molar-refractivity contribution in [2.75, 3.05) is 4.90 Å². The van der Waals surface area contributed by atoms with E-state index in [1.54, 1.807) is 0 Å². The van der Waals surface area contributed by atoms with E-state index >= 15 is 0 Å². The molecule has 3 aliphatic rings. The summed E-state index contributed by atoms with van der Waals surface area (Å²) in [5, 5.41) is 9.42. The van der Waals surface area contributed by atoms with Crippen LogP contribution in [0.3, 0.4) is 0 Å². The predicted octanol–water partition coefficient (Wildman–Crippen LogP) is 17.4. The lowest BCUT2D eigenvalue weighted by Gasteiger charge is -2.49. The van der Waals surface area contributed by atoms with Gasteiger partial charge in [0.05, 0.1) is 38.9 Å². The molecule has 3 aromatic heterocycles. The highest BCUT2D eigenvalue weighted by Crippen LogP contribution is 2.62. The van der Waals surface area contributed by atoms with E-state index in [9.17, 15) is 0 Å². The summed E-state index contributed by atoms with van der Waals surface area (Å²) in [5.41, 5.74) is 20.3. The van der Waals surface area contributed by atoms with Crippen molar-refractivity contribution in [3.05, 3.63) is 275 Å². The monoisotopic (exact) mass is 1050 g/mol. The van der Waals surface area contributed by atoms with Gasteiger partial charge in [0.15, 0.2) is 5.82 Å². The third-order valence-electron chi connectivity index (χ3n) is 18.5. The normalized spacial score (nSPS) is 15.8. The molecule has 14 aromatic rings. The predicted molar refractivity (Wildman–Crippen MR) is 339 cm³/mol. The molecule has 82 heavy (non-hydrogen) atoms. The van der Waals surface area contributed by atoms with Crippen LogP contribution < -0.4 is 15.3 Å². The van der Waals surface area contributed by atoms with Gasteiger partial charge < -0.3 is 4.90 Å². The van der Waals surface area contributed by atoms with Crippen LogP contribution in [-0.4, -0.2) is 24.1 Å². The molecule has 4 heterocycles. The van der Waals surface area contributed by atoms with Crippen molar-refractivity contribution < 1.29 is 0 Å². The summed E-state index contributed by atoms with van der Waals surface area (Å²) in [6, 6.07) is 87.3. The number of nitrogens with zero attached hydrogens (tertiary/aromatic N) is 6. The van der Waals surface area contributed by atoms with Gasteiger partial charge in [-0.1, -0.05) is 215 Å². The lowest BCUT2D eigenvalue weighted by molar-refractivity contribution is 0.663. The summed E-state index contributed by atoms with van der Waals surface area (Å²) < 4.78 is 4.65. The van der Waals surface area contributed by atoms with E-state index in [4.69, 9.17) is 15.0 Å². The lowest BCUT2D eigenvalue weighted by Crippen LogP contribution is -2.46. The van der Waals surface area contributed by atoms with Crippen LogP contribution in [0.25, 0.3) is 112 Å². The second-order valence-corrected chi connectivity index (χ2v) is 22.8. The molecular formula is C76H54N6. The third-order valence-corrected chi connectivity index (χ3v) is 18.5. The highest BCUT2D eigenvalue weighted by Gasteiger charge is 2.51. The third kappa shape index (κ3) is 6.16. The minimum atomic E-state index is -0.667. The zero-order chi connectivity index (χ0) is 54.6. The van der Waals surface area contributed by atoms with E-state index in [1.807, 2.05) is 0 Å². The van der Waals surface area contributed by atoms with Crippen LogP contribution in [0.1, 0.15) is 61.9 Å². The Bertz CT molecular complexity index is 5220. The van der Waals surface area contributed by atoms with Crippen LogP contribution in [0.4, 0.5) is 17.1 Å². The first kappa shape index (κ1) is 46.7. The van der Waals surface area contributed by atoms with Crippen molar-refractivity contribution >= 4 is 83.1 Å². The number of rotatable bonds is 5. The topological polar surface area (TPSA) is 51.8 Å². The second-order valence-electron chi connectivity index (χ2n) is 22.8. The minimum Gasteiger partial charge on any atom is -0.310 e. The fourth-order valence-corrected chi connectivity index (χ4v) is 15.2. The number of fused-ring (bicyclic) bond motifs is 19. The molecule has 1 atom stereocenters. The van der Waals surface area contributed by atoms with Crippen LogP contribution in [-0.2, 0) is 10.8 Å². The Morgan fingerprint density at radius 2 is 1.07 bits per heavy atom. The molecule has 0 saturated carbocycles. The highest BCUT2D eigenvalue weighted by atomic mass is 15.3. The van der Waals surface area contributed by atoms with Crippen molar-refractivity contribution in [2.45, 2.75) is 44.9 Å². The van der Waals surface area contributed by atoms with Crippen LogP contribution in [0.5, 0.6) is 0 Å². The van der Waals surface area contributed by atoms with Gasteiger partial charge in [-0.15, -0.1) is 0 Å². The quantitative estimate of drug-likeness (QED) is 0.172. The first-order valence-electron chi connectivity index (χ1n) is 28.7. The smallest absolute Gasteiger partial charge is 0.240 e. The SMILES string of the molecule is C/C=c1/cccc2c1=C(CC)[C@@]1(c3ccccc3-2)c2ccccc2N(c2ccccc2)c2cc3c(cc21)c1ccccc1n3-c1nc(-c2ccc3ccccc3c2)nc(-n2c3ccccc3c3ccc4c(c32)C(C)(C)c2ccccc2-4)n1. The molecule has 1 aliphatic heterocycles. The molecular weight excluding hydrogens is 997 g/mol. The van der Waals surface area contributed by atoms with Crippen LogP contribution >= 0.6 is 0 Å². The molecule has 2 aliphatic carbocycles. The first-order valence-corrected chi connectivity index (χ1v) is 28.7. The number of hydrogen-bond acceptors (Lipinski definition) is 4. The maximum Gasteiger partial charge on any atom is 0.240 e. The van der Waals surface area contributed by atoms with Gasteiger partial charge in [0.1, 0.15) is 0 Å². The molecule has 1 spiro atoms. The van der Waals surface area contributed by atoms with Gasteiger partial charge >= 0.3 is 0 Å². The van der Waals surface area contributed by atoms with E-state index in [2.05, 4.69) is 284 Å². The molecule has 388 valence electrons. The number of benzene rings is 11. The fraction of sp³-hybridized carbons (Fsp3) is 0.0921. The standard InChI is InChI=1S/C76H54N6/c1-5-46-25-22-32-55-51-28-13-17-34-61(51)76(59(6-2)69(46)55)62-35-18-21-38-66(62)80(50-26-8-7-9-27-50)68-45-67-58(44-63(68)76)54-31-15-19-36-64(54)81(67)73-77-72(49-40-39-47-23-10-11-24-48(47)43-49)78-74(79-73)82-65-37-20-14-30-53(65)57-42-41-56-52-29-12-16-33-60(52)75(3,4)70(56)71(57)82/h5,7-45H,6H2,1-4H3/b46-5-/t76-/m1/s1. The molecule has 0 fully saturated rings. The summed E-state index contributed by atoms with van der Waals surface area (Å²) in [6.45, 7) is 9.27. The molecule has 0 N–H and O–H groups in total. The van der Waals surface area contributed by atoms with Crippen molar-refractivity contribution in [3.63, 3.8) is 0 Å². The molecule has 0 unspecified atom stereocenters. The molecule has 6 nitrogen and oxygen atoms in total. The van der Waals surface area contributed by atoms with E-state index in [0.717, 1.165) is 78.0 Å². The number of anilines is 3. The molecule has 17 rings (SSSR count). The highest BCUT2D eigenvalue weighted by molar-refractivity contribution is 6.14. The summed E-state index contributed by atoms with van der Waals surface area (Å²) >= 11 is 0. The van der Waals surface area contributed by atoms with E-state index in [0.29, 0.717) is 17.7 Å². The first-order chi connectivity index (χ1) is 40.4. The van der Waals surface area contributed by atoms with Gasteiger partial charge in [-0.3, -0.25) is 9.13 Å². The minimum absolute atomic E-state index is 0.312. The van der Waals surface area contributed by atoms with Gasteiger partial charge in [0, 0.05) is 38.2 Å². The van der Waals surface area contributed by atoms with Gasteiger partial charge in [0.25, 0.3) is 0 Å². The van der Waals surface area contributed by atoms with E-state index < -0.39 is 5.41 Å². The van der Waals surface area contributed by atoms with E-state index in [1.165, 1.54) is 71.5 Å². The van der Waals surface area contributed by atoms with Crippen molar-refractivity contribution in [1.82, 2.24) is 24.1 Å². The van der Waals surface area contributed by atoms with Crippen molar-refractivity contribution in [3.8, 4) is 45.5 Å². The number of hydrogen-bond donors (Lipinski definition) is 0. The van der Waals surface area contributed by atoms with Gasteiger partial charge in [-0.2, -0.15) is 15.0 Å². The Labute approximate surface area is 474 Å². The average molecular weight is 1050 g/mol. The maximum absolute atomic E-state index is 5.82. The average Bonchev–Trinajstić information content (AvgIpc) is 3.54. The van der Waals surface area contributed by atoms with Crippen LogP contribution in [0.15, 0.2) is 237 Å². The second kappa shape index (κ2) is 17.2. The molecule has 0 saturated heterocycles. The van der Waals surface area contributed by atoms with Gasteiger partial charge in [-0.25, -0.2) is 0 Å². The number of para-hydroxylation sites is 4. The van der Waals surface area contributed by atoms with Crippen LogP contribution in [0.2, 0.25) is 0 Å². The fourth-order valence-electron chi connectivity index (χ4n) is 15.2.